The SMILES string of the molecule is Cc1[nH]cnc1CC(C)(N)C(F)F. The van der Waals surface area contributed by atoms with E-state index in [-0.39, 0.29) is 6.42 Å². The molecular weight excluding hydrogens is 176 g/mol. The van der Waals surface area contributed by atoms with Gasteiger partial charge in [0.2, 0.25) is 0 Å². The molecule has 0 spiro atoms. The summed E-state index contributed by atoms with van der Waals surface area (Å²) >= 11 is 0. The number of hydrogen-bond donors (Lipinski definition) is 2. The van der Waals surface area contributed by atoms with E-state index in [0.717, 1.165) is 5.69 Å². The van der Waals surface area contributed by atoms with Crippen molar-refractivity contribution in [2.24, 2.45) is 5.73 Å². The Kier molecular flexibility index (Phi) is 2.66. The third-order valence-corrected chi connectivity index (χ3v) is 1.98. The maximum atomic E-state index is 12.4. The third kappa shape index (κ3) is 2.24. The molecule has 0 saturated heterocycles. The summed E-state index contributed by atoms with van der Waals surface area (Å²) in [7, 11) is 0. The van der Waals surface area contributed by atoms with Crippen molar-refractivity contribution in [3.63, 3.8) is 0 Å². The van der Waals surface area contributed by atoms with E-state index in [1.165, 1.54) is 13.3 Å². The zero-order valence-corrected chi connectivity index (χ0v) is 7.64. The number of nitrogens with one attached hydrogen (secondary N) is 1. The number of aryl methyl sites for hydroxylation is 1. The molecule has 5 heteroatoms. The number of nitrogens with two attached hydrogens (primary N) is 1. The number of aromatic nitrogens is 2. The van der Waals surface area contributed by atoms with Crippen molar-refractivity contribution in [3.05, 3.63) is 17.7 Å². The lowest BCUT2D eigenvalue weighted by Gasteiger charge is -2.22. The van der Waals surface area contributed by atoms with Gasteiger partial charge in [-0.25, -0.2) is 13.8 Å². The smallest absolute Gasteiger partial charge is 0.256 e. The lowest BCUT2D eigenvalue weighted by atomic mass is 9.97. The second-order valence-corrected chi connectivity index (χ2v) is 3.46. The van der Waals surface area contributed by atoms with Crippen LogP contribution in [0.25, 0.3) is 0 Å². The third-order valence-electron chi connectivity index (χ3n) is 1.98. The molecule has 3 nitrogen and oxygen atoms in total. The fourth-order valence-corrected chi connectivity index (χ4v) is 1.00. The first-order chi connectivity index (χ1) is 5.93. The largest absolute Gasteiger partial charge is 0.348 e. The molecular formula is C8H13F2N3. The molecule has 0 aromatic carbocycles. The highest BCUT2D eigenvalue weighted by molar-refractivity contribution is 5.12. The van der Waals surface area contributed by atoms with E-state index in [4.69, 9.17) is 5.73 Å². The second-order valence-electron chi connectivity index (χ2n) is 3.46. The van der Waals surface area contributed by atoms with Crippen LogP contribution in [0.3, 0.4) is 0 Å². The molecule has 0 amide bonds. The minimum absolute atomic E-state index is 0.0833. The van der Waals surface area contributed by atoms with Gasteiger partial charge in [-0.05, 0) is 13.8 Å². The summed E-state index contributed by atoms with van der Waals surface area (Å²) in [6, 6.07) is 0. The summed E-state index contributed by atoms with van der Waals surface area (Å²) in [6.07, 6.45) is -0.977. The van der Waals surface area contributed by atoms with Crippen LogP contribution in [0.4, 0.5) is 8.78 Å². The fourth-order valence-electron chi connectivity index (χ4n) is 1.00. The average Bonchev–Trinajstić information content (AvgIpc) is 2.35. The molecule has 0 aliphatic rings. The number of alkyl halides is 2. The Hall–Kier alpha value is -0.970. The first kappa shape index (κ1) is 10.1. The fraction of sp³-hybridized carbons (Fsp3) is 0.625. The van der Waals surface area contributed by atoms with Crippen LogP contribution in [0.2, 0.25) is 0 Å². The summed E-state index contributed by atoms with van der Waals surface area (Å²) in [5, 5.41) is 0. The van der Waals surface area contributed by atoms with Gasteiger partial charge in [-0.3, -0.25) is 0 Å². The molecule has 13 heavy (non-hydrogen) atoms. The predicted octanol–water partition coefficient (Wildman–Crippen LogP) is 1.24. The molecule has 3 N–H and O–H groups in total. The van der Waals surface area contributed by atoms with E-state index < -0.39 is 12.0 Å². The Morgan fingerprint density at radius 1 is 1.69 bits per heavy atom. The van der Waals surface area contributed by atoms with Crippen molar-refractivity contribution < 1.29 is 8.78 Å². The van der Waals surface area contributed by atoms with Gasteiger partial charge in [0, 0.05) is 12.1 Å². The predicted molar refractivity (Wildman–Crippen MR) is 45.6 cm³/mol. The number of aromatic amines is 1. The standard InChI is InChI=1S/C8H13F2N3/c1-5-6(13-4-12-5)3-8(2,11)7(9)10/h4,7H,3,11H2,1-2H3,(H,12,13). The van der Waals surface area contributed by atoms with Crippen molar-refractivity contribution in [1.29, 1.82) is 0 Å². The zero-order valence-electron chi connectivity index (χ0n) is 7.64. The Morgan fingerprint density at radius 2 is 2.31 bits per heavy atom. The molecule has 0 fully saturated rings. The van der Waals surface area contributed by atoms with Crippen LogP contribution in [-0.2, 0) is 6.42 Å². The van der Waals surface area contributed by atoms with Crippen molar-refractivity contribution in [2.45, 2.75) is 32.2 Å². The molecule has 1 unspecified atom stereocenters. The van der Waals surface area contributed by atoms with Crippen LogP contribution in [0, 0.1) is 6.92 Å². The normalized spacial score (nSPS) is 16.2. The maximum absolute atomic E-state index is 12.4. The van der Waals surface area contributed by atoms with Crippen molar-refractivity contribution in [2.75, 3.05) is 0 Å². The summed E-state index contributed by atoms with van der Waals surface area (Å²) in [5.74, 6) is 0. The number of rotatable bonds is 3. The zero-order chi connectivity index (χ0) is 10.1. The van der Waals surface area contributed by atoms with Crippen LogP contribution in [0.5, 0.6) is 0 Å². The molecule has 0 aliphatic carbocycles. The topological polar surface area (TPSA) is 54.7 Å². The molecule has 0 saturated carbocycles. The molecule has 1 rings (SSSR count). The number of hydrogen-bond acceptors (Lipinski definition) is 2. The van der Waals surface area contributed by atoms with Crippen LogP contribution >= 0.6 is 0 Å². The van der Waals surface area contributed by atoms with E-state index in [1.54, 1.807) is 6.92 Å². The Morgan fingerprint density at radius 3 is 2.69 bits per heavy atom. The summed E-state index contributed by atoms with van der Waals surface area (Å²) in [4.78, 5) is 6.73. The molecule has 0 radical (unpaired) electrons. The summed E-state index contributed by atoms with van der Waals surface area (Å²) in [5.41, 5.74) is 5.31. The minimum atomic E-state index is -2.54. The summed E-state index contributed by atoms with van der Waals surface area (Å²) < 4.78 is 24.7. The molecule has 0 bridgehead atoms. The van der Waals surface area contributed by atoms with Crippen molar-refractivity contribution >= 4 is 0 Å². The summed E-state index contributed by atoms with van der Waals surface area (Å²) in [6.45, 7) is 3.11. The van der Waals surface area contributed by atoms with E-state index in [1.807, 2.05) is 0 Å². The lowest BCUT2D eigenvalue weighted by molar-refractivity contribution is 0.0634. The number of imidazole rings is 1. The van der Waals surface area contributed by atoms with E-state index in [0.29, 0.717) is 5.69 Å². The molecule has 1 heterocycles. The maximum Gasteiger partial charge on any atom is 0.256 e. The van der Waals surface area contributed by atoms with Gasteiger partial charge in [-0.2, -0.15) is 0 Å². The monoisotopic (exact) mass is 189 g/mol. The van der Waals surface area contributed by atoms with Gasteiger partial charge in [-0.1, -0.05) is 0 Å². The first-order valence-electron chi connectivity index (χ1n) is 3.99. The second kappa shape index (κ2) is 3.41. The van der Waals surface area contributed by atoms with Crippen LogP contribution < -0.4 is 5.73 Å². The Balaban J connectivity index is 2.74. The average molecular weight is 189 g/mol. The number of H-pyrrole nitrogens is 1. The van der Waals surface area contributed by atoms with Gasteiger partial charge in [0.25, 0.3) is 6.43 Å². The Bertz CT molecular complexity index is 281. The van der Waals surface area contributed by atoms with Gasteiger partial charge in [0.15, 0.2) is 0 Å². The van der Waals surface area contributed by atoms with E-state index in [2.05, 4.69) is 9.97 Å². The van der Waals surface area contributed by atoms with Gasteiger partial charge in [0.1, 0.15) is 0 Å². The van der Waals surface area contributed by atoms with Gasteiger partial charge in [0.05, 0.1) is 17.6 Å². The van der Waals surface area contributed by atoms with Crippen LogP contribution in [0.15, 0.2) is 6.33 Å². The molecule has 1 atom stereocenters. The molecule has 0 aliphatic heterocycles. The molecule has 74 valence electrons. The highest BCUT2D eigenvalue weighted by atomic mass is 19.3. The van der Waals surface area contributed by atoms with Crippen molar-refractivity contribution in [3.8, 4) is 0 Å². The first-order valence-corrected chi connectivity index (χ1v) is 3.99. The highest BCUT2D eigenvalue weighted by Gasteiger charge is 2.31. The van der Waals surface area contributed by atoms with Crippen LogP contribution in [-0.4, -0.2) is 21.9 Å². The number of halogens is 2. The minimum Gasteiger partial charge on any atom is -0.348 e. The van der Waals surface area contributed by atoms with Gasteiger partial charge < -0.3 is 10.7 Å². The Labute approximate surface area is 75.4 Å². The van der Waals surface area contributed by atoms with Crippen LogP contribution in [0.1, 0.15) is 18.3 Å². The van der Waals surface area contributed by atoms with E-state index in [9.17, 15) is 8.78 Å². The van der Waals surface area contributed by atoms with E-state index >= 15 is 0 Å². The number of nitrogens with zero attached hydrogens (tertiary/aromatic N) is 1. The molecule has 1 aromatic rings. The van der Waals surface area contributed by atoms with Crippen molar-refractivity contribution in [1.82, 2.24) is 9.97 Å². The quantitative estimate of drug-likeness (QED) is 0.751. The lowest BCUT2D eigenvalue weighted by Crippen LogP contribution is -2.46. The highest BCUT2D eigenvalue weighted by Crippen LogP contribution is 2.18. The van der Waals surface area contributed by atoms with Gasteiger partial charge >= 0.3 is 0 Å². The van der Waals surface area contributed by atoms with Gasteiger partial charge in [-0.15, -0.1) is 0 Å². The molecule has 1 aromatic heterocycles.